The van der Waals surface area contributed by atoms with Gasteiger partial charge in [0.05, 0.1) is 12.7 Å². The third-order valence-corrected chi connectivity index (χ3v) is 3.75. The van der Waals surface area contributed by atoms with E-state index in [1.807, 2.05) is 12.1 Å². The summed E-state index contributed by atoms with van der Waals surface area (Å²) in [6.07, 6.45) is 3.23. The van der Waals surface area contributed by atoms with E-state index in [0.717, 1.165) is 31.6 Å². The first kappa shape index (κ1) is 17.0. The van der Waals surface area contributed by atoms with Crippen LogP contribution in [0.15, 0.2) is 24.3 Å². The monoisotopic (exact) mass is 279 g/mol. The molecule has 0 aliphatic carbocycles. The number of hydrogen-bond donors (Lipinski definition) is 1. The van der Waals surface area contributed by atoms with Crippen LogP contribution in [-0.4, -0.2) is 26.4 Å². The molecule has 0 aliphatic rings. The molecule has 0 saturated heterocycles. The van der Waals surface area contributed by atoms with Crippen LogP contribution in [0.25, 0.3) is 0 Å². The van der Waals surface area contributed by atoms with E-state index < -0.39 is 0 Å². The van der Waals surface area contributed by atoms with Crippen molar-refractivity contribution in [1.29, 1.82) is 0 Å². The van der Waals surface area contributed by atoms with Gasteiger partial charge in [-0.1, -0.05) is 19.1 Å². The van der Waals surface area contributed by atoms with Gasteiger partial charge in [-0.25, -0.2) is 0 Å². The predicted octanol–water partition coefficient (Wildman–Crippen LogP) is 3.94. The first-order valence-corrected chi connectivity index (χ1v) is 7.45. The lowest BCUT2D eigenvalue weighted by Crippen LogP contribution is -2.27. The van der Waals surface area contributed by atoms with Gasteiger partial charge in [-0.15, -0.1) is 0 Å². The molecule has 1 unspecified atom stereocenters. The quantitative estimate of drug-likeness (QED) is 0.742. The lowest BCUT2D eigenvalue weighted by Gasteiger charge is -2.27. The fraction of sp³-hybridized carbons (Fsp3) is 0.647. The second-order valence-corrected chi connectivity index (χ2v) is 5.78. The van der Waals surface area contributed by atoms with Crippen molar-refractivity contribution in [3.8, 4) is 5.75 Å². The van der Waals surface area contributed by atoms with Gasteiger partial charge in [-0.3, -0.25) is 0 Å². The van der Waals surface area contributed by atoms with E-state index in [-0.39, 0.29) is 5.60 Å². The molecule has 3 nitrogen and oxygen atoms in total. The van der Waals surface area contributed by atoms with Gasteiger partial charge in [0.25, 0.3) is 0 Å². The third kappa shape index (κ3) is 5.51. The Morgan fingerprint density at radius 1 is 1.15 bits per heavy atom. The van der Waals surface area contributed by atoms with Gasteiger partial charge in [0.1, 0.15) is 5.75 Å². The molecule has 0 saturated carbocycles. The molecule has 1 aromatic carbocycles. The average Bonchev–Trinajstić information content (AvgIpc) is 2.47. The molecule has 1 rings (SSSR count). The van der Waals surface area contributed by atoms with Crippen molar-refractivity contribution in [2.75, 3.05) is 20.8 Å². The Bertz CT molecular complexity index is 373. The smallest absolute Gasteiger partial charge is 0.118 e. The van der Waals surface area contributed by atoms with E-state index in [2.05, 4.69) is 38.2 Å². The molecule has 0 aliphatic heterocycles. The van der Waals surface area contributed by atoms with Crippen molar-refractivity contribution < 1.29 is 9.47 Å². The van der Waals surface area contributed by atoms with Gasteiger partial charge in [0, 0.05) is 13.2 Å². The van der Waals surface area contributed by atoms with E-state index >= 15 is 0 Å². The van der Waals surface area contributed by atoms with Gasteiger partial charge in [0.2, 0.25) is 0 Å². The molecule has 114 valence electrons. The highest BCUT2D eigenvalue weighted by molar-refractivity contribution is 5.29. The molecular weight excluding hydrogens is 250 g/mol. The average molecular weight is 279 g/mol. The zero-order chi connectivity index (χ0) is 15.0. The molecule has 1 N–H and O–H groups in total. The fourth-order valence-corrected chi connectivity index (χ4v) is 2.14. The van der Waals surface area contributed by atoms with Crippen LogP contribution in [0.5, 0.6) is 5.75 Å². The lowest BCUT2D eigenvalue weighted by atomic mass is 9.94. The Morgan fingerprint density at radius 2 is 1.80 bits per heavy atom. The maximum Gasteiger partial charge on any atom is 0.118 e. The molecule has 1 aromatic rings. The van der Waals surface area contributed by atoms with Gasteiger partial charge in [-0.05, 0) is 57.4 Å². The van der Waals surface area contributed by atoms with Crippen LogP contribution in [0.4, 0.5) is 0 Å². The van der Waals surface area contributed by atoms with Gasteiger partial charge >= 0.3 is 0 Å². The highest BCUT2D eigenvalue weighted by Gasteiger charge is 2.20. The molecule has 0 heterocycles. The summed E-state index contributed by atoms with van der Waals surface area (Å²) in [7, 11) is 3.48. The summed E-state index contributed by atoms with van der Waals surface area (Å²) in [6.45, 7) is 7.50. The normalized spacial score (nSPS) is 13.2. The van der Waals surface area contributed by atoms with Crippen molar-refractivity contribution in [1.82, 2.24) is 5.32 Å². The Labute approximate surface area is 123 Å². The van der Waals surface area contributed by atoms with Gasteiger partial charge in [-0.2, -0.15) is 0 Å². The Balaban J connectivity index is 2.71. The Morgan fingerprint density at radius 3 is 2.30 bits per heavy atom. The first-order chi connectivity index (χ1) is 9.52. The summed E-state index contributed by atoms with van der Waals surface area (Å²) in [5.74, 6) is 0.903. The molecule has 0 aromatic heterocycles. The van der Waals surface area contributed by atoms with Crippen LogP contribution in [0.3, 0.4) is 0 Å². The number of benzene rings is 1. The minimum absolute atomic E-state index is 0.0708. The summed E-state index contributed by atoms with van der Waals surface area (Å²) in [5.41, 5.74) is 1.24. The van der Waals surface area contributed by atoms with Crippen LogP contribution in [0.1, 0.15) is 51.6 Å². The molecule has 0 fully saturated rings. The summed E-state index contributed by atoms with van der Waals surface area (Å²) in [6, 6.07) is 8.71. The topological polar surface area (TPSA) is 30.5 Å². The number of nitrogens with one attached hydrogen (secondary N) is 1. The zero-order valence-electron chi connectivity index (χ0n) is 13.5. The number of methoxy groups -OCH3 is 2. The summed E-state index contributed by atoms with van der Waals surface area (Å²) in [5, 5.41) is 3.62. The molecule has 0 radical (unpaired) electrons. The third-order valence-electron chi connectivity index (χ3n) is 3.75. The van der Waals surface area contributed by atoms with Crippen LogP contribution >= 0.6 is 0 Å². The van der Waals surface area contributed by atoms with Crippen LogP contribution in [-0.2, 0) is 4.74 Å². The maximum absolute atomic E-state index is 5.52. The van der Waals surface area contributed by atoms with Crippen LogP contribution in [0.2, 0.25) is 0 Å². The van der Waals surface area contributed by atoms with E-state index in [1.165, 1.54) is 5.56 Å². The van der Waals surface area contributed by atoms with E-state index in [1.54, 1.807) is 14.2 Å². The fourth-order valence-electron chi connectivity index (χ4n) is 2.14. The second kappa shape index (κ2) is 8.28. The van der Waals surface area contributed by atoms with Crippen molar-refractivity contribution in [2.24, 2.45) is 0 Å². The highest BCUT2D eigenvalue weighted by atomic mass is 16.5. The maximum atomic E-state index is 5.52. The SMILES string of the molecule is CCCNC(CCC(C)(C)OC)c1ccc(OC)cc1. The summed E-state index contributed by atoms with van der Waals surface area (Å²) < 4.78 is 10.7. The lowest BCUT2D eigenvalue weighted by molar-refractivity contribution is 0.0117. The van der Waals surface area contributed by atoms with Gasteiger partial charge in [0.15, 0.2) is 0 Å². The number of ether oxygens (including phenoxy) is 2. The van der Waals surface area contributed by atoms with Crippen molar-refractivity contribution in [3.63, 3.8) is 0 Å². The minimum atomic E-state index is -0.0708. The molecule has 20 heavy (non-hydrogen) atoms. The first-order valence-electron chi connectivity index (χ1n) is 7.45. The molecule has 3 heteroatoms. The molecule has 0 bridgehead atoms. The van der Waals surface area contributed by atoms with E-state index in [4.69, 9.17) is 9.47 Å². The standard InChI is InChI=1S/C17H29NO2/c1-6-13-18-16(11-12-17(2,3)20-5)14-7-9-15(19-4)10-8-14/h7-10,16,18H,6,11-13H2,1-5H3. The van der Waals surface area contributed by atoms with E-state index in [0.29, 0.717) is 6.04 Å². The molecule has 0 amide bonds. The Hall–Kier alpha value is -1.06. The van der Waals surface area contributed by atoms with Crippen molar-refractivity contribution in [2.45, 2.75) is 51.7 Å². The predicted molar refractivity (Wildman–Crippen MR) is 84.4 cm³/mol. The Kier molecular flexibility index (Phi) is 7.03. The largest absolute Gasteiger partial charge is 0.497 e. The van der Waals surface area contributed by atoms with E-state index in [9.17, 15) is 0 Å². The molecular formula is C17H29NO2. The summed E-state index contributed by atoms with van der Waals surface area (Å²) in [4.78, 5) is 0. The number of hydrogen-bond acceptors (Lipinski definition) is 3. The number of rotatable bonds is 9. The van der Waals surface area contributed by atoms with Gasteiger partial charge < -0.3 is 14.8 Å². The van der Waals surface area contributed by atoms with Crippen molar-refractivity contribution >= 4 is 0 Å². The minimum Gasteiger partial charge on any atom is -0.497 e. The zero-order valence-corrected chi connectivity index (χ0v) is 13.5. The highest BCUT2D eigenvalue weighted by Crippen LogP contribution is 2.26. The molecule has 0 spiro atoms. The summed E-state index contributed by atoms with van der Waals surface area (Å²) >= 11 is 0. The molecule has 1 atom stereocenters. The van der Waals surface area contributed by atoms with Crippen LogP contribution in [0, 0.1) is 0 Å². The van der Waals surface area contributed by atoms with Crippen molar-refractivity contribution in [3.05, 3.63) is 29.8 Å². The van der Waals surface area contributed by atoms with Crippen LogP contribution < -0.4 is 10.1 Å². The second-order valence-electron chi connectivity index (χ2n) is 5.78.